The minimum Gasteiger partial charge on any atom is -0.497 e. The largest absolute Gasteiger partial charge is 0.497 e. The molecule has 1 heterocycles. The number of carbonyl (C=O) groups excluding carboxylic acids is 3. The van der Waals surface area contributed by atoms with Gasteiger partial charge in [0.15, 0.2) is 6.10 Å². The summed E-state index contributed by atoms with van der Waals surface area (Å²) in [5.74, 6) is -0.606. The average molecular weight is 503 g/mol. The Morgan fingerprint density at radius 2 is 1.80 bits per heavy atom. The van der Waals surface area contributed by atoms with Crippen LogP contribution >= 0.6 is 11.8 Å². The summed E-state index contributed by atoms with van der Waals surface area (Å²) in [6.45, 7) is 4.31. The number of benzene rings is 2. The number of hydrogen-bond acceptors (Lipinski definition) is 8. The molecule has 8 nitrogen and oxygen atoms in total. The van der Waals surface area contributed by atoms with Crippen LogP contribution in [0.3, 0.4) is 0 Å². The number of methoxy groups -OCH3 is 1. The lowest BCUT2D eigenvalue weighted by Gasteiger charge is -2.28. The van der Waals surface area contributed by atoms with Gasteiger partial charge in [-0.3, -0.25) is 9.59 Å². The lowest BCUT2D eigenvalue weighted by Crippen LogP contribution is -2.45. The van der Waals surface area contributed by atoms with Crippen LogP contribution in [0, 0.1) is 0 Å². The monoisotopic (exact) mass is 502 g/mol. The minimum absolute atomic E-state index is 0. The molecule has 0 saturated heterocycles. The molecule has 0 aliphatic carbocycles. The molecule has 0 bridgehead atoms. The first-order valence-electron chi connectivity index (χ1n) is 11.0. The van der Waals surface area contributed by atoms with Crippen LogP contribution in [0.5, 0.6) is 5.75 Å². The summed E-state index contributed by atoms with van der Waals surface area (Å²) in [5, 5.41) is -0.525. The van der Waals surface area contributed by atoms with E-state index in [1.165, 1.54) is 18.7 Å². The molecule has 1 amide bonds. The van der Waals surface area contributed by atoms with Gasteiger partial charge < -0.3 is 24.0 Å². The van der Waals surface area contributed by atoms with Gasteiger partial charge in [0.05, 0.1) is 30.2 Å². The fourth-order valence-electron chi connectivity index (χ4n) is 3.63. The van der Waals surface area contributed by atoms with Crippen molar-refractivity contribution in [2.24, 2.45) is 0 Å². The van der Waals surface area contributed by atoms with Crippen molar-refractivity contribution in [2.45, 2.75) is 37.5 Å². The predicted octanol–water partition coefficient (Wildman–Crippen LogP) is 4.18. The number of carbonyl (C=O) groups is 3. The van der Waals surface area contributed by atoms with Gasteiger partial charge >= 0.3 is 11.9 Å². The van der Waals surface area contributed by atoms with Crippen LogP contribution in [0.1, 0.15) is 42.4 Å². The molecular weight excluding hydrogens is 468 g/mol. The smallest absolute Gasteiger partial charge is 0.338 e. The highest BCUT2D eigenvalue weighted by atomic mass is 32.2. The van der Waals surface area contributed by atoms with E-state index in [-0.39, 0.29) is 19.9 Å². The van der Waals surface area contributed by atoms with Crippen molar-refractivity contribution in [3.05, 3.63) is 53.6 Å². The van der Waals surface area contributed by atoms with E-state index in [1.54, 1.807) is 49.3 Å². The maximum atomic E-state index is 13.8. The van der Waals surface area contributed by atoms with Gasteiger partial charge in [0, 0.05) is 24.9 Å². The van der Waals surface area contributed by atoms with E-state index < -0.39 is 23.3 Å². The second-order valence-corrected chi connectivity index (χ2v) is 9.22. The highest BCUT2D eigenvalue weighted by Gasteiger charge is 2.41. The number of fused-ring (bicyclic) bond motifs is 1. The number of anilines is 1. The van der Waals surface area contributed by atoms with Gasteiger partial charge in [-0.25, -0.2) is 4.79 Å². The van der Waals surface area contributed by atoms with Gasteiger partial charge in [-0.2, -0.15) is 0 Å². The third kappa shape index (κ3) is 6.76. The van der Waals surface area contributed by atoms with Crippen LogP contribution in [0.15, 0.2) is 47.4 Å². The molecule has 0 aromatic heterocycles. The van der Waals surface area contributed by atoms with E-state index >= 15 is 0 Å². The third-order valence-corrected chi connectivity index (χ3v) is 6.66. The first-order valence-corrected chi connectivity index (χ1v) is 11.9. The summed E-state index contributed by atoms with van der Waals surface area (Å²) in [6, 6.07) is 12.5. The highest BCUT2D eigenvalue weighted by molar-refractivity contribution is 7.99. The molecule has 3 rings (SSSR count). The van der Waals surface area contributed by atoms with E-state index in [0.29, 0.717) is 30.1 Å². The number of nitrogens with zero attached hydrogens (tertiary/aromatic N) is 2. The number of amides is 1. The van der Waals surface area contributed by atoms with Crippen molar-refractivity contribution in [3.8, 4) is 5.75 Å². The Morgan fingerprint density at radius 1 is 1.11 bits per heavy atom. The minimum atomic E-state index is -1.04. The van der Waals surface area contributed by atoms with Crippen LogP contribution in [-0.4, -0.2) is 69.8 Å². The fourth-order valence-corrected chi connectivity index (χ4v) is 4.99. The maximum Gasteiger partial charge on any atom is 0.338 e. The van der Waals surface area contributed by atoms with Crippen molar-refractivity contribution in [1.82, 2.24) is 4.90 Å². The van der Waals surface area contributed by atoms with Crippen LogP contribution in [0.2, 0.25) is 0 Å². The Morgan fingerprint density at radius 3 is 2.37 bits per heavy atom. The van der Waals surface area contributed by atoms with Crippen LogP contribution in [0.25, 0.3) is 0 Å². The van der Waals surface area contributed by atoms with Crippen LogP contribution in [0.4, 0.5) is 5.69 Å². The number of hydrogen-bond donors (Lipinski definition) is 0. The summed E-state index contributed by atoms with van der Waals surface area (Å²) >= 11 is 1.38. The van der Waals surface area contributed by atoms with Gasteiger partial charge in [0.1, 0.15) is 5.75 Å². The summed E-state index contributed by atoms with van der Waals surface area (Å²) in [4.78, 5) is 42.5. The molecule has 0 spiro atoms. The molecule has 2 aromatic rings. The first kappa shape index (κ1) is 28.2. The molecule has 2 aromatic carbocycles. The summed E-state index contributed by atoms with van der Waals surface area (Å²) in [5.41, 5.74) is 1.86. The predicted molar refractivity (Wildman–Crippen MR) is 137 cm³/mol. The molecule has 2 atom stereocenters. The second-order valence-electron chi connectivity index (χ2n) is 8.04. The molecule has 9 heteroatoms. The van der Waals surface area contributed by atoms with E-state index in [0.717, 1.165) is 10.5 Å². The quantitative estimate of drug-likeness (QED) is 0.497. The van der Waals surface area contributed by atoms with Crippen LogP contribution < -0.4 is 9.64 Å². The normalized spacial score (nSPS) is 17.2. The standard InChI is InChI=1S/C25H30N2O6S.CH4/c1-6-32-25(30)18-9-12-20-21(15-18)34-23(17-7-10-19(31-5)11-8-17)22(33-16(2)28)24(29)27(20)14-13-26(3)4;/h7-12,15,22-23H,6,13-14H2,1-5H3;1H4/t22-,23+;/m1./s1. The second kappa shape index (κ2) is 12.6. The van der Waals surface area contributed by atoms with Crippen molar-refractivity contribution in [3.63, 3.8) is 0 Å². The molecule has 190 valence electrons. The molecule has 1 aliphatic heterocycles. The van der Waals surface area contributed by atoms with Gasteiger partial charge in [0.2, 0.25) is 0 Å². The Kier molecular flexibility index (Phi) is 10.2. The van der Waals surface area contributed by atoms with Crippen molar-refractivity contribution >= 4 is 35.3 Å². The maximum absolute atomic E-state index is 13.8. The number of rotatable bonds is 8. The van der Waals surface area contributed by atoms with Gasteiger partial charge in [-0.1, -0.05) is 19.6 Å². The highest BCUT2D eigenvalue weighted by Crippen LogP contribution is 2.47. The van der Waals surface area contributed by atoms with Gasteiger partial charge in [-0.15, -0.1) is 11.8 Å². The number of likely N-dealkylation sites (N-methyl/N-ethyl adjacent to an activating group) is 1. The Balaban J connectivity index is 0.00000432. The molecule has 0 fully saturated rings. The SMILES string of the molecule is C.CCOC(=O)c1ccc2c(c1)S[C@@H](c1ccc(OC)cc1)[C@@H](OC(C)=O)C(=O)N2CCN(C)C. The summed E-state index contributed by atoms with van der Waals surface area (Å²) in [6.07, 6.45) is -1.04. The molecule has 35 heavy (non-hydrogen) atoms. The number of esters is 2. The average Bonchev–Trinajstić information content (AvgIpc) is 2.92. The molecule has 0 N–H and O–H groups in total. The molecular formula is C26H34N2O6S. The molecule has 0 unspecified atom stereocenters. The molecule has 0 saturated carbocycles. The lowest BCUT2D eigenvalue weighted by molar-refractivity contribution is -0.152. The van der Waals surface area contributed by atoms with Gasteiger partial charge in [-0.05, 0) is 56.9 Å². The molecule has 1 aliphatic rings. The first-order chi connectivity index (χ1) is 16.2. The zero-order valence-electron chi connectivity index (χ0n) is 20.1. The van der Waals surface area contributed by atoms with E-state index in [4.69, 9.17) is 14.2 Å². The zero-order valence-corrected chi connectivity index (χ0v) is 20.9. The van der Waals surface area contributed by atoms with Crippen molar-refractivity contribution in [2.75, 3.05) is 45.8 Å². The third-order valence-electron chi connectivity index (χ3n) is 5.31. The van der Waals surface area contributed by atoms with Crippen molar-refractivity contribution < 1.29 is 28.6 Å². The Labute approximate surface area is 211 Å². The Hall–Kier alpha value is -3.04. The number of thioether (sulfide) groups is 1. The summed E-state index contributed by atoms with van der Waals surface area (Å²) in [7, 11) is 5.42. The van der Waals surface area contributed by atoms with Crippen molar-refractivity contribution in [1.29, 1.82) is 0 Å². The van der Waals surface area contributed by atoms with Gasteiger partial charge in [0.25, 0.3) is 5.91 Å². The van der Waals surface area contributed by atoms with E-state index in [2.05, 4.69) is 0 Å². The fraction of sp³-hybridized carbons (Fsp3) is 0.423. The summed E-state index contributed by atoms with van der Waals surface area (Å²) < 4.78 is 16.0. The zero-order chi connectivity index (χ0) is 24.8. The topological polar surface area (TPSA) is 85.4 Å². The van der Waals surface area contributed by atoms with Crippen LogP contribution in [-0.2, 0) is 19.1 Å². The molecule has 0 radical (unpaired) electrons. The van der Waals surface area contributed by atoms with E-state index in [1.807, 2.05) is 31.1 Å². The number of ether oxygens (including phenoxy) is 3. The Bertz CT molecular complexity index is 1040. The van der Waals surface area contributed by atoms with E-state index in [9.17, 15) is 14.4 Å². The lowest BCUT2D eigenvalue weighted by atomic mass is 10.1.